The maximum Gasteiger partial charge on any atom is 0.249 e. The third-order valence-electron chi connectivity index (χ3n) is 5.92. The number of carbonyl (C=O) groups is 1. The van der Waals surface area contributed by atoms with E-state index in [1.807, 2.05) is 0 Å². The lowest BCUT2D eigenvalue weighted by molar-refractivity contribution is 0.0511. The van der Waals surface area contributed by atoms with Gasteiger partial charge in [0.2, 0.25) is 5.91 Å². The zero-order chi connectivity index (χ0) is 22.6. The number of amides is 1. The van der Waals surface area contributed by atoms with Gasteiger partial charge in [-0.25, -0.2) is 4.39 Å². The van der Waals surface area contributed by atoms with Gasteiger partial charge in [-0.05, 0) is 40.2 Å². The van der Waals surface area contributed by atoms with Crippen molar-refractivity contribution in [2.24, 2.45) is 5.73 Å². The average molecular weight is 430 g/mol. The third-order valence-corrected chi connectivity index (χ3v) is 12.2. The van der Waals surface area contributed by atoms with E-state index in [-0.39, 0.29) is 17.9 Å². The zero-order valence-corrected chi connectivity index (χ0v) is 19.9. The second kappa shape index (κ2) is 9.63. The highest BCUT2D eigenvalue weighted by atomic mass is 28.3. The van der Waals surface area contributed by atoms with Gasteiger partial charge in [-0.2, -0.15) is 0 Å². The van der Waals surface area contributed by atoms with Crippen LogP contribution in [0.1, 0.15) is 57.5 Å². The molecule has 0 aliphatic rings. The second-order valence-corrected chi connectivity index (χ2v) is 14.1. The van der Waals surface area contributed by atoms with Crippen molar-refractivity contribution in [3.8, 4) is 17.2 Å². The molecule has 0 bridgehead atoms. The highest BCUT2D eigenvalue weighted by Gasteiger charge is 2.41. The fourth-order valence-corrected chi connectivity index (χ4v) is 9.75. The number of halogens is 1. The van der Waals surface area contributed by atoms with E-state index in [0.29, 0.717) is 33.1 Å². The third kappa shape index (κ3) is 4.53. The normalized spacial score (nSPS) is 11.8. The van der Waals surface area contributed by atoms with Crippen molar-refractivity contribution in [2.45, 2.75) is 58.2 Å². The molecule has 0 aromatic heterocycles. The first-order valence-electron chi connectivity index (χ1n) is 10.3. The van der Waals surface area contributed by atoms with Crippen LogP contribution >= 0.6 is 0 Å². The van der Waals surface area contributed by atoms with Crippen LogP contribution in [0.25, 0.3) is 10.8 Å². The average Bonchev–Trinajstić information content (AvgIpc) is 2.66. The first-order chi connectivity index (χ1) is 14.1. The van der Waals surface area contributed by atoms with Gasteiger partial charge in [0.15, 0.2) is 6.79 Å². The summed E-state index contributed by atoms with van der Waals surface area (Å²) in [7, 11) is -0.572. The number of hydrogen-bond acceptors (Lipinski definition) is 3. The molecule has 0 aliphatic carbocycles. The summed E-state index contributed by atoms with van der Waals surface area (Å²) < 4.78 is 25.4. The van der Waals surface area contributed by atoms with Gasteiger partial charge in [-0.3, -0.25) is 4.79 Å². The number of carbonyl (C=O) groups excluding carboxylic acids is 1. The van der Waals surface area contributed by atoms with Gasteiger partial charge < -0.3 is 15.2 Å². The minimum atomic E-state index is -2.08. The Bertz CT molecular complexity index is 968. The van der Waals surface area contributed by atoms with Crippen LogP contribution in [0.3, 0.4) is 0 Å². The van der Waals surface area contributed by atoms with Crippen molar-refractivity contribution >= 4 is 24.8 Å². The molecule has 162 valence electrons. The van der Waals surface area contributed by atoms with E-state index >= 15 is 0 Å². The molecule has 2 aromatic carbocycles. The molecular weight excluding hydrogens is 397 g/mol. The van der Waals surface area contributed by atoms with Crippen molar-refractivity contribution < 1.29 is 18.7 Å². The topological polar surface area (TPSA) is 61.6 Å². The van der Waals surface area contributed by atoms with Gasteiger partial charge in [-0.15, -0.1) is 5.54 Å². The molecule has 2 aromatic rings. The molecule has 0 spiro atoms. The van der Waals surface area contributed by atoms with E-state index in [1.54, 1.807) is 12.1 Å². The molecule has 0 fully saturated rings. The van der Waals surface area contributed by atoms with Crippen LogP contribution in [0, 0.1) is 17.3 Å². The number of rotatable bonds is 7. The van der Waals surface area contributed by atoms with Crippen molar-refractivity contribution in [1.29, 1.82) is 0 Å². The monoisotopic (exact) mass is 429 g/mol. The van der Waals surface area contributed by atoms with Crippen molar-refractivity contribution in [3.05, 3.63) is 41.2 Å². The van der Waals surface area contributed by atoms with Crippen molar-refractivity contribution in [1.82, 2.24) is 0 Å². The SMILES string of the molecule is COCOc1cc(C(N)=O)c2c(C#C[Si](C(C)C)(C(C)C)C(C)C)c(F)ccc2c1. The van der Waals surface area contributed by atoms with Crippen molar-refractivity contribution in [2.75, 3.05) is 13.9 Å². The molecule has 0 heterocycles. The van der Waals surface area contributed by atoms with Gasteiger partial charge in [0.1, 0.15) is 19.6 Å². The molecule has 1 amide bonds. The lowest BCUT2D eigenvalue weighted by Crippen LogP contribution is -2.43. The van der Waals surface area contributed by atoms with Crippen LogP contribution in [0.2, 0.25) is 16.6 Å². The summed E-state index contributed by atoms with van der Waals surface area (Å²) in [4.78, 5) is 12.2. The number of benzene rings is 2. The number of hydrogen-bond donors (Lipinski definition) is 1. The fourth-order valence-electron chi connectivity index (χ4n) is 4.54. The van der Waals surface area contributed by atoms with Crippen LogP contribution in [-0.2, 0) is 4.74 Å². The lowest BCUT2D eigenvalue weighted by Gasteiger charge is -2.38. The summed E-state index contributed by atoms with van der Waals surface area (Å²) in [6.45, 7) is 13.2. The number of ether oxygens (including phenoxy) is 2. The smallest absolute Gasteiger partial charge is 0.249 e. The predicted octanol–water partition coefficient (Wildman–Crippen LogP) is 5.63. The standard InChI is InChI=1S/C24H32FNO3Si/c1-15(2)30(16(3)4,17(5)6)11-10-20-22(25)9-8-18-12-19(29-14-28-7)13-21(23(18)20)24(26)27/h8-9,12-13,15-17H,14H2,1-7H3,(H2,26,27). The highest BCUT2D eigenvalue weighted by molar-refractivity contribution is 6.90. The Balaban J connectivity index is 2.81. The van der Waals surface area contributed by atoms with Gasteiger partial charge in [0.25, 0.3) is 0 Å². The van der Waals surface area contributed by atoms with E-state index in [2.05, 4.69) is 53.0 Å². The fraction of sp³-hybridized carbons (Fsp3) is 0.458. The summed E-state index contributed by atoms with van der Waals surface area (Å²) >= 11 is 0. The maximum atomic E-state index is 15.0. The van der Waals surface area contributed by atoms with E-state index in [1.165, 1.54) is 19.2 Å². The minimum Gasteiger partial charge on any atom is -0.468 e. The number of fused-ring (bicyclic) bond motifs is 1. The van der Waals surface area contributed by atoms with Gasteiger partial charge >= 0.3 is 0 Å². The van der Waals surface area contributed by atoms with E-state index in [4.69, 9.17) is 15.2 Å². The Hall–Kier alpha value is -2.36. The lowest BCUT2D eigenvalue weighted by atomic mass is 9.98. The molecule has 2 rings (SSSR count). The van der Waals surface area contributed by atoms with E-state index in [9.17, 15) is 9.18 Å². The van der Waals surface area contributed by atoms with Crippen LogP contribution in [-0.4, -0.2) is 27.9 Å². The molecule has 30 heavy (non-hydrogen) atoms. The first kappa shape index (κ1) is 23.9. The van der Waals surface area contributed by atoms with Crippen LogP contribution < -0.4 is 10.5 Å². The number of nitrogens with two attached hydrogens (primary N) is 1. The van der Waals surface area contributed by atoms with Gasteiger partial charge in [0, 0.05) is 12.5 Å². The Morgan fingerprint density at radius 3 is 2.20 bits per heavy atom. The van der Waals surface area contributed by atoms with Crippen molar-refractivity contribution in [3.63, 3.8) is 0 Å². The molecule has 0 unspecified atom stereocenters. The highest BCUT2D eigenvalue weighted by Crippen LogP contribution is 2.41. The molecule has 0 saturated heterocycles. The zero-order valence-electron chi connectivity index (χ0n) is 18.9. The van der Waals surface area contributed by atoms with Crippen LogP contribution in [0.15, 0.2) is 24.3 Å². The largest absolute Gasteiger partial charge is 0.468 e. The summed E-state index contributed by atoms with van der Waals surface area (Å²) in [5.41, 5.74) is 10.8. The Morgan fingerprint density at radius 1 is 1.10 bits per heavy atom. The molecule has 0 aliphatic heterocycles. The second-order valence-electron chi connectivity index (χ2n) is 8.55. The van der Waals surface area contributed by atoms with E-state index < -0.39 is 19.8 Å². The molecule has 0 saturated carbocycles. The van der Waals surface area contributed by atoms with Gasteiger partial charge in [-0.1, -0.05) is 53.5 Å². The Labute approximate surface area is 179 Å². The molecule has 4 nitrogen and oxygen atoms in total. The first-order valence-corrected chi connectivity index (χ1v) is 12.5. The van der Waals surface area contributed by atoms with Gasteiger partial charge in [0.05, 0.1) is 11.1 Å². The minimum absolute atomic E-state index is 0.0306. The number of primary amides is 1. The quantitative estimate of drug-likeness (QED) is 0.352. The predicted molar refractivity (Wildman–Crippen MR) is 123 cm³/mol. The van der Waals surface area contributed by atoms with Crippen LogP contribution in [0.4, 0.5) is 4.39 Å². The van der Waals surface area contributed by atoms with E-state index in [0.717, 1.165) is 0 Å². The Kier molecular flexibility index (Phi) is 7.68. The summed E-state index contributed by atoms with van der Waals surface area (Å²) in [6, 6.07) is 6.25. The number of methoxy groups -OCH3 is 1. The molecule has 0 atom stereocenters. The summed E-state index contributed by atoms with van der Waals surface area (Å²) in [6.07, 6.45) is 0. The molecule has 2 N–H and O–H groups in total. The summed E-state index contributed by atoms with van der Waals surface area (Å²) in [5, 5.41) is 1.08. The van der Waals surface area contributed by atoms with Crippen LogP contribution in [0.5, 0.6) is 5.75 Å². The molecule has 6 heteroatoms. The maximum absolute atomic E-state index is 15.0. The Morgan fingerprint density at radius 2 is 1.70 bits per heavy atom. The summed E-state index contributed by atoms with van der Waals surface area (Å²) in [5.74, 6) is 2.48. The molecular formula is C24H32FNO3Si. The molecule has 0 radical (unpaired) electrons.